The first-order valence-electron chi connectivity index (χ1n) is 5.92. The minimum absolute atomic E-state index is 0.475. The smallest absolute Gasteiger partial charge is 0.134 e. The van der Waals surface area contributed by atoms with Crippen molar-refractivity contribution >= 4 is 5.78 Å². The largest absolute Gasteiger partial charge is 0.300 e. The van der Waals surface area contributed by atoms with Gasteiger partial charge in [0.25, 0.3) is 0 Å². The van der Waals surface area contributed by atoms with Crippen LogP contribution in [0.3, 0.4) is 0 Å². The van der Waals surface area contributed by atoms with E-state index in [0.29, 0.717) is 11.8 Å². The zero-order valence-electron chi connectivity index (χ0n) is 9.33. The standard InChI is InChI=1S/C12H21NO/c1-9(2)10-5-6-13(8-10)11-3-4-12(14)7-11/h9-11H,3-8H2,1-2H3. The molecule has 2 heteroatoms. The molecule has 1 aliphatic heterocycles. The summed E-state index contributed by atoms with van der Waals surface area (Å²) in [5, 5.41) is 0. The normalized spacial score (nSPS) is 34.6. The molecular formula is C12H21NO. The zero-order chi connectivity index (χ0) is 10.1. The van der Waals surface area contributed by atoms with E-state index in [1.165, 1.54) is 19.5 Å². The second-order valence-corrected chi connectivity index (χ2v) is 5.22. The van der Waals surface area contributed by atoms with Crippen LogP contribution in [0.1, 0.15) is 39.5 Å². The van der Waals surface area contributed by atoms with E-state index in [4.69, 9.17) is 0 Å². The fourth-order valence-corrected chi connectivity index (χ4v) is 2.80. The molecule has 0 N–H and O–H groups in total. The van der Waals surface area contributed by atoms with Crippen molar-refractivity contribution in [2.75, 3.05) is 13.1 Å². The van der Waals surface area contributed by atoms with Gasteiger partial charge in [0, 0.05) is 25.4 Å². The molecule has 0 radical (unpaired) electrons. The third-order valence-electron chi connectivity index (χ3n) is 3.94. The maximum atomic E-state index is 11.2. The Kier molecular flexibility index (Phi) is 2.91. The van der Waals surface area contributed by atoms with Crippen LogP contribution < -0.4 is 0 Å². The highest BCUT2D eigenvalue weighted by molar-refractivity contribution is 5.81. The number of rotatable bonds is 2. The van der Waals surface area contributed by atoms with Gasteiger partial charge >= 0.3 is 0 Å². The van der Waals surface area contributed by atoms with Crippen LogP contribution in [0.15, 0.2) is 0 Å². The van der Waals surface area contributed by atoms with E-state index >= 15 is 0 Å². The van der Waals surface area contributed by atoms with Gasteiger partial charge in [0.15, 0.2) is 0 Å². The fourth-order valence-electron chi connectivity index (χ4n) is 2.80. The Balaban J connectivity index is 1.86. The number of Topliss-reactive ketones (excluding diaryl/α,β-unsaturated/α-hetero) is 1. The van der Waals surface area contributed by atoms with Gasteiger partial charge in [0.05, 0.1) is 0 Å². The molecule has 2 aliphatic rings. The van der Waals surface area contributed by atoms with Gasteiger partial charge < -0.3 is 0 Å². The first kappa shape index (κ1) is 10.2. The lowest BCUT2D eigenvalue weighted by Gasteiger charge is -2.23. The molecule has 1 saturated carbocycles. The van der Waals surface area contributed by atoms with E-state index in [0.717, 1.165) is 31.1 Å². The van der Waals surface area contributed by atoms with Crippen LogP contribution in [0, 0.1) is 11.8 Å². The van der Waals surface area contributed by atoms with Crippen LogP contribution in [0.25, 0.3) is 0 Å². The number of likely N-dealkylation sites (tertiary alicyclic amines) is 1. The molecule has 0 aromatic rings. The van der Waals surface area contributed by atoms with E-state index < -0.39 is 0 Å². The predicted octanol–water partition coefficient (Wildman–Crippen LogP) is 2.09. The van der Waals surface area contributed by atoms with Crippen molar-refractivity contribution in [3.8, 4) is 0 Å². The number of carbonyl (C=O) groups is 1. The van der Waals surface area contributed by atoms with Crippen LogP contribution in [0.2, 0.25) is 0 Å². The van der Waals surface area contributed by atoms with Crippen molar-refractivity contribution in [2.45, 2.75) is 45.6 Å². The second-order valence-electron chi connectivity index (χ2n) is 5.22. The van der Waals surface area contributed by atoms with Crippen LogP contribution in [0.5, 0.6) is 0 Å². The SMILES string of the molecule is CC(C)C1CCN(C2CCC(=O)C2)C1. The van der Waals surface area contributed by atoms with Crippen LogP contribution in [-0.4, -0.2) is 29.8 Å². The molecule has 2 rings (SSSR count). The van der Waals surface area contributed by atoms with E-state index in [9.17, 15) is 4.79 Å². The fraction of sp³-hybridized carbons (Fsp3) is 0.917. The summed E-state index contributed by atoms with van der Waals surface area (Å²) in [7, 11) is 0. The highest BCUT2D eigenvalue weighted by atomic mass is 16.1. The highest BCUT2D eigenvalue weighted by Crippen LogP contribution is 2.29. The molecule has 80 valence electrons. The molecule has 1 heterocycles. The van der Waals surface area contributed by atoms with Crippen molar-refractivity contribution in [2.24, 2.45) is 11.8 Å². The molecule has 2 fully saturated rings. The van der Waals surface area contributed by atoms with Crippen molar-refractivity contribution in [1.82, 2.24) is 4.90 Å². The molecule has 1 aliphatic carbocycles. The van der Waals surface area contributed by atoms with Gasteiger partial charge in [0.2, 0.25) is 0 Å². The Bertz CT molecular complexity index is 224. The Morgan fingerprint density at radius 1 is 1.36 bits per heavy atom. The molecule has 2 nitrogen and oxygen atoms in total. The lowest BCUT2D eigenvalue weighted by Crippen LogP contribution is -2.31. The molecule has 0 bridgehead atoms. The molecule has 2 atom stereocenters. The van der Waals surface area contributed by atoms with E-state index in [1.807, 2.05) is 0 Å². The second kappa shape index (κ2) is 4.01. The Labute approximate surface area is 86.7 Å². The number of nitrogens with zero attached hydrogens (tertiary/aromatic N) is 1. The Morgan fingerprint density at radius 3 is 2.64 bits per heavy atom. The summed E-state index contributed by atoms with van der Waals surface area (Å²) < 4.78 is 0. The van der Waals surface area contributed by atoms with Crippen molar-refractivity contribution in [3.63, 3.8) is 0 Å². The van der Waals surface area contributed by atoms with Gasteiger partial charge in [0.1, 0.15) is 5.78 Å². The van der Waals surface area contributed by atoms with Gasteiger partial charge in [-0.2, -0.15) is 0 Å². The first-order valence-corrected chi connectivity index (χ1v) is 5.92. The first-order chi connectivity index (χ1) is 6.66. The summed E-state index contributed by atoms with van der Waals surface area (Å²) in [6.07, 6.45) is 4.10. The van der Waals surface area contributed by atoms with Crippen molar-refractivity contribution in [1.29, 1.82) is 0 Å². The molecule has 2 unspecified atom stereocenters. The zero-order valence-corrected chi connectivity index (χ0v) is 9.33. The van der Waals surface area contributed by atoms with E-state index in [1.54, 1.807) is 0 Å². The average Bonchev–Trinajstić information content (AvgIpc) is 2.70. The molecular weight excluding hydrogens is 174 g/mol. The lowest BCUT2D eigenvalue weighted by molar-refractivity contribution is -0.117. The maximum absolute atomic E-state index is 11.2. The molecule has 0 amide bonds. The summed E-state index contributed by atoms with van der Waals surface area (Å²) in [6.45, 7) is 7.08. The summed E-state index contributed by atoms with van der Waals surface area (Å²) in [4.78, 5) is 13.8. The van der Waals surface area contributed by atoms with Gasteiger partial charge in [-0.15, -0.1) is 0 Å². The molecule has 1 saturated heterocycles. The summed E-state index contributed by atoms with van der Waals surface area (Å²) in [6, 6.07) is 0.589. The minimum Gasteiger partial charge on any atom is -0.300 e. The van der Waals surface area contributed by atoms with Crippen LogP contribution in [-0.2, 0) is 4.79 Å². The third kappa shape index (κ3) is 2.00. The van der Waals surface area contributed by atoms with E-state index in [-0.39, 0.29) is 0 Å². The van der Waals surface area contributed by atoms with Crippen molar-refractivity contribution < 1.29 is 4.79 Å². The monoisotopic (exact) mass is 195 g/mol. The van der Waals surface area contributed by atoms with Gasteiger partial charge in [-0.1, -0.05) is 13.8 Å². The topological polar surface area (TPSA) is 20.3 Å². The Morgan fingerprint density at radius 2 is 2.14 bits per heavy atom. The quantitative estimate of drug-likeness (QED) is 0.672. The lowest BCUT2D eigenvalue weighted by atomic mass is 9.95. The molecule has 0 aromatic carbocycles. The third-order valence-corrected chi connectivity index (χ3v) is 3.94. The molecule has 0 spiro atoms. The molecule has 0 aromatic heterocycles. The maximum Gasteiger partial charge on any atom is 0.134 e. The molecule has 14 heavy (non-hydrogen) atoms. The highest BCUT2D eigenvalue weighted by Gasteiger charge is 2.33. The number of hydrogen-bond donors (Lipinski definition) is 0. The summed E-state index contributed by atoms with van der Waals surface area (Å²) in [5.74, 6) is 2.14. The van der Waals surface area contributed by atoms with E-state index in [2.05, 4.69) is 18.7 Å². The predicted molar refractivity (Wildman–Crippen MR) is 57.2 cm³/mol. The van der Waals surface area contributed by atoms with Gasteiger partial charge in [-0.05, 0) is 31.2 Å². The average molecular weight is 195 g/mol. The van der Waals surface area contributed by atoms with Crippen LogP contribution in [0.4, 0.5) is 0 Å². The van der Waals surface area contributed by atoms with Crippen molar-refractivity contribution in [3.05, 3.63) is 0 Å². The summed E-state index contributed by atoms with van der Waals surface area (Å²) >= 11 is 0. The number of carbonyl (C=O) groups excluding carboxylic acids is 1. The van der Waals surface area contributed by atoms with Gasteiger partial charge in [-0.25, -0.2) is 0 Å². The minimum atomic E-state index is 0.475. The Hall–Kier alpha value is -0.370. The van der Waals surface area contributed by atoms with Gasteiger partial charge in [-0.3, -0.25) is 9.69 Å². The number of hydrogen-bond acceptors (Lipinski definition) is 2. The van der Waals surface area contributed by atoms with Crippen LogP contribution >= 0.6 is 0 Å². The summed E-state index contributed by atoms with van der Waals surface area (Å²) in [5.41, 5.74) is 0. The number of ketones is 1.